The number of hydrogen-bond donors (Lipinski definition) is 0. The smallest absolute Gasteiger partial charge is 0.000979 e. The zero-order valence-corrected chi connectivity index (χ0v) is 13.9. The highest BCUT2D eigenvalue weighted by Crippen LogP contribution is 2.20. The summed E-state index contributed by atoms with van der Waals surface area (Å²) in [5.41, 5.74) is 2.90. The van der Waals surface area contributed by atoms with Gasteiger partial charge in [0, 0.05) is 6.54 Å². The molecule has 0 bridgehead atoms. The molecular formula is C18H33N. The zero-order valence-electron chi connectivity index (χ0n) is 13.9. The number of aryl methyl sites for hydroxylation is 1. The normalized spacial score (nSPS) is 18.7. The maximum absolute atomic E-state index is 2.46. The van der Waals surface area contributed by atoms with Crippen molar-refractivity contribution in [1.82, 2.24) is 4.90 Å². The van der Waals surface area contributed by atoms with E-state index in [0.29, 0.717) is 0 Å². The molecule has 0 amide bonds. The summed E-state index contributed by atoms with van der Waals surface area (Å²) in [5.74, 6) is 0.866. The average molecular weight is 263 g/mol. The van der Waals surface area contributed by atoms with Crippen LogP contribution in [0.2, 0.25) is 0 Å². The molecule has 1 unspecified atom stereocenters. The Labute approximate surface area is 121 Å². The fraction of sp³-hybridized carbons (Fsp3) is 0.667. The molecule has 0 radical (unpaired) electrons. The summed E-state index contributed by atoms with van der Waals surface area (Å²) in [7, 11) is 2.24. The lowest BCUT2D eigenvalue weighted by atomic mass is 9.91. The Balaban J connectivity index is 0.000000741. The molecule has 1 heteroatoms. The van der Waals surface area contributed by atoms with Crippen LogP contribution in [0.25, 0.3) is 0 Å². The second kappa shape index (κ2) is 11.0. The number of rotatable bonds is 2. The number of hydrogen-bond acceptors (Lipinski definition) is 1. The fourth-order valence-electron chi connectivity index (χ4n) is 2.61. The van der Waals surface area contributed by atoms with Gasteiger partial charge in [0.2, 0.25) is 0 Å². The highest BCUT2D eigenvalue weighted by atomic mass is 15.1. The van der Waals surface area contributed by atoms with Gasteiger partial charge in [-0.2, -0.15) is 0 Å². The first-order chi connectivity index (χ1) is 9.24. The lowest BCUT2D eigenvalue weighted by Gasteiger charge is -2.29. The third kappa shape index (κ3) is 7.37. The molecule has 2 rings (SSSR count). The van der Waals surface area contributed by atoms with E-state index in [-0.39, 0.29) is 0 Å². The number of piperidine rings is 1. The van der Waals surface area contributed by atoms with E-state index >= 15 is 0 Å². The van der Waals surface area contributed by atoms with Crippen molar-refractivity contribution in [3.8, 4) is 0 Å². The van der Waals surface area contributed by atoms with Gasteiger partial charge < -0.3 is 4.90 Å². The van der Waals surface area contributed by atoms with Crippen molar-refractivity contribution in [1.29, 1.82) is 0 Å². The van der Waals surface area contributed by atoms with Gasteiger partial charge in [-0.05, 0) is 51.3 Å². The molecule has 110 valence electrons. The van der Waals surface area contributed by atoms with Crippen molar-refractivity contribution in [3.63, 3.8) is 0 Å². The first-order valence-corrected chi connectivity index (χ1v) is 7.98. The van der Waals surface area contributed by atoms with Gasteiger partial charge in [0.05, 0.1) is 0 Å². The molecule has 1 aromatic rings. The quantitative estimate of drug-likeness (QED) is 0.731. The molecule has 0 N–H and O–H groups in total. The third-order valence-corrected chi connectivity index (χ3v) is 3.33. The first kappa shape index (κ1) is 18.2. The molecule has 0 aliphatic carbocycles. The summed E-state index contributed by atoms with van der Waals surface area (Å²) in [6.07, 6.45) is 4.03. The van der Waals surface area contributed by atoms with Crippen LogP contribution in [0.15, 0.2) is 24.3 Å². The standard InChI is InChI=1S/C14H21N.2C2H6/c1-12-5-3-6-13(9-12)10-14-7-4-8-15(2)11-14;2*1-2/h3,5-6,9,14H,4,7-8,10-11H2,1-2H3;2*1-2H3. The average Bonchev–Trinajstić information content (AvgIpc) is 2.43. The van der Waals surface area contributed by atoms with Crippen LogP contribution in [0.5, 0.6) is 0 Å². The molecule has 1 saturated heterocycles. The maximum atomic E-state index is 2.46. The van der Waals surface area contributed by atoms with E-state index in [9.17, 15) is 0 Å². The van der Waals surface area contributed by atoms with Crippen molar-refractivity contribution in [2.45, 2.75) is 53.9 Å². The van der Waals surface area contributed by atoms with E-state index in [0.717, 1.165) is 5.92 Å². The molecule has 0 spiro atoms. The summed E-state index contributed by atoms with van der Waals surface area (Å²) in [6, 6.07) is 8.95. The second-order valence-electron chi connectivity index (χ2n) is 4.96. The van der Waals surface area contributed by atoms with Crippen LogP contribution in [0.1, 0.15) is 51.7 Å². The van der Waals surface area contributed by atoms with Gasteiger partial charge in [-0.3, -0.25) is 0 Å². The largest absolute Gasteiger partial charge is 0.306 e. The minimum atomic E-state index is 0.866. The number of nitrogens with zero attached hydrogens (tertiary/aromatic N) is 1. The van der Waals surface area contributed by atoms with Gasteiger partial charge >= 0.3 is 0 Å². The third-order valence-electron chi connectivity index (χ3n) is 3.33. The molecule has 1 aromatic carbocycles. The van der Waals surface area contributed by atoms with Crippen molar-refractivity contribution in [2.24, 2.45) is 5.92 Å². The van der Waals surface area contributed by atoms with Gasteiger partial charge in [-0.15, -0.1) is 0 Å². The van der Waals surface area contributed by atoms with Gasteiger partial charge in [0.15, 0.2) is 0 Å². The Morgan fingerprint density at radius 2 is 1.84 bits per heavy atom. The lowest BCUT2D eigenvalue weighted by Crippen LogP contribution is -2.32. The zero-order chi connectivity index (χ0) is 14.7. The second-order valence-corrected chi connectivity index (χ2v) is 4.96. The Kier molecular flexibility index (Phi) is 10.6. The van der Waals surface area contributed by atoms with Crippen LogP contribution in [0, 0.1) is 12.8 Å². The Morgan fingerprint density at radius 3 is 2.42 bits per heavy atom. The lowest BCUT2D eigenvalue weighted by molar-refractivity contribution is 0.209. The topological polar surface area (TPSA) is 3.24 Å². The molecule has 1 fully saturated rings. The van der Waals surface area contributed by atoms with Crippen molar-refractivity contribution >= 4 is 0 Å². The van der Waals surface area contributed by atoms with E-state index in [1.54, 1.807) is 0 Å². The maximum Gasteiger partial charge on any atom is 0.000979 e. The van der Waals surface area contributed by atoms with Crippen LogP contribution in [-0.2, 0) is 6.42 Å². The van der Waals surface area contributed by atoms with Crippen molar-refractivity contribution in [2.75, 3.05) is 20.1 Å². The Bertz CT molecular complexity index is 319. The monoisotopic (exact) mass is 263 g/mol. The van der Waals surface area contributed by atoms with E-state index in [1.807, 2.05) is 27.7 Å². The predicted molar refractivity (Wildman–Crippen MR) is 87.8 cm³/mol. The molecule has 19 heavy (non-hydrogen) atoms. The summed E-state index contributed by atoms with van der Waals surface area (Å²) < 4.78 is 0. The Hall–Kier alpha value is -0.820. The molecule has 0 saturated carbocycles. The van der Waals surface area contributed by atoms with Gasteiger partial charge in [0.25, 0.3) is 0 Å². The molecule has 1 aliphatic heterocycles. The van der Waals surface area contributed by atoms with Gasteiger partial charge in [-0.1, -0.05) is 57.5 Å². The van der Waals surface area contributed by atoms with E-state index in [2.05, 4.69) is 43.1 Å². The fourth-order valence-corrected chi connectivity index (χ4v) is 2.61. The van der Waals surface area contributed by atoms with Crippen LogP contribution in [0.3, 0.4) is 0 Å². The van der Waals surface area contributed by atoms with E-state index < -0.39 is 0 Å². The minimum Gasteiger partial charge on any atom is -0.306 e. The first-order valence-electron chi connectivity index (χ1n) is 7.98. The highest BCUT2D eigenvalue weighted by molar-refractivity contribution is 5.22. The van der Waals surface area contributed by atoms with Crippen molar-refractivity contribution in [3.05, 3.63) is 35.4 Å². The molecule has 1 atom stereocenters. The van der Waals surface area contributed by atoms with Gasteiger partial charge in [-0.25, -0.2) is 0 Å². The van der Waals surface area contributed by atoms with Crippen molar-refractivity contribution < 1.29 is 0 Å². The Morgan fingerprint density at radius 1 is 1.16 bits per heavy atom. The molecule has 1 nitrogen and oxygen atoms in total. The van der Waals surface area contributed by atoms with Gasteiger partial charge in [0.1, 0.15) is 0 Å². The number of likely N-dealkylation sites (tertiary alicyclic amines) is 1. The number of benzene rings is 1. The molecule has 0 aromatic heterocycles. The summed E-state index contributed by atoms with van der Waals surface area (Å²) in [4.78, 5) is 2.46. The highest BCUT2D eigenvalue weighted by Gasteiger charge is 2.17. The van der Waals surface area contributed by atoms with Crippen LogP contribution in [0.4, 0.5) is 0 Å². The molecule has 1 heterocycles. The molecular weight excluding hydrogens is 230 g/mol. The minimum absolute atomic E-state index is 0.866. The predicted octanol–water partition coefficient (Wildman–Crippen LogP) is 4.93. The SMILES string of the molecule is CC.CC.Cc1cccc(CC2CCCN(C)C2)c1. The van der Waals surface area contributed by atoms with E-state index in [4.69, 9.17) is 0 Å². The summed E-state index contributed by atoms with van der Waals surface area (Å²) in [5, 5.41) is 0. The van der Waals surface area contributed by atoms with E-state index in [1.165, 1.54) is 43.5 Å². The van der Waals surface area contributed by atoms with Crippen LogP contribution >= 0.6 is 0 Å². The van der Waals surface area contributed by atoms with Crippen LogP contribution in [-0.4, -0.2) is 25.0 Å². The summed E-state index contributed by atoms with van der Waals surface area (Å²) >= 11 is 0. The van der Waals surface area contributed by atoms with Crippen LogP contribution < -0.4 is 0 Å². The molecule has 1 aliphatic rings. The summed E-state index contributed by atoms with van der Waals surface area (Å²) in [6.45, 7) is 12.7.